The van der Waals surface area contributed by atoms with Gasteiger partial charge in [0.05, 0.1) is 6.21 Å². The maximum Gasteiger partial charge on any atom is 0.187 e. The minimum absolute atomic E-state index is 0.194. The fourth-order valence-corrected chi connectivity index (χ4v) is 1.48. The summed E-state index contributed by atoms with van der Waals surface area (Å²) in [5.74, 6) is 0.839. The van der Waals surface area contributed by atoms with Gasteiger partial charge in [0.25, 0.3) is 0 Å². The molecule has 0 aliphatic heterocycles. The van der Waals surface area contributed by atoms with Crippen LogP contribution in [0.4, 0.5) is 0 Å². The number of rotatable bonds is 5. The maximum absolute atomic E-state index is 5.74. The molecule has 0 aromatic heterocycles. The van der Waals surface area contributed by atoms with E-state index in [1.807, 2.05) is 45.0 Å². The predicted octanol–water partition coefficient (Wildman–Crippen LogP) is 2.85. The highest BCUT2D eigenvalue weighted by atomic mass is 32.1. The van der Waals surface area contributed by atoms with E-state index in [4.69, 9.17) is 17.0 Å². The number of thiocarbonyl (C=S) groups is 1. The van der Waals surface area contributed by atoms with E-state index >= 15 is 0 Å². The van der Waals surface area contributed by atoms with Crippen molar-refractivity contribution in [1.82, 2.24) is 10.7 Å². The van der Waals surface area contributed by atoms with Gasteiger partial charge in [0.1, 0.15) is 11.4 Å². The summed E-state index contributed by atoms with van der Waals surface area (Å²) in [6.45, 7) is 10.3. The molecular formula is C15H21N3OS. The highest BCUT2D eigenvalue weighted by Crippen LogP contribution is 2.17. The highest BCUT2D eigenvalue weighted by Gasteiger charge is 2.10. The van der Waals surface area contributed by atoms with E-state index < -0.39 is 0 Å². The lowest BCUT2D eigenvalue weighted by molar-refractivity contribution is 0.131. The molecule has 0 fully saturated rings. The van der Waals surface area contributed by atoms with Crippen LogP contribution in [0.5, 0.6) is 5.75 Å². The molecule has 2 N–H and O–H groups in total. The molecule has 0 atom stereocenters. The fraction of sp³-hybridized carbons (Fsp3) is 0.333. The van der Waals surface area contributed by atoms with Gasteiger partial charge in [-0.2, -0.15) is 5.10 Å². The average molecular weight is 291 g/mol. The van der Waals surface area contributed by atoms with Crippen molar-refractivity contribution in [3.8, 4) is 5.75 Å². The molecule has 0 saturated carbocycles. The Balaban J connectivity index is 2.49. The van der Waals surface area contributed by atoms with E-state index in [2.05, 4.69) is 22.4 Å². The summed E-state index contributed by atoms with van der Waals surface area (Å²) >= 11 is 5.01. The van der Waals surface area contributed by atoms with E-state index in [0.717, 1.165) is 11.3 Å². The molecule has 0 heterocycles. The highest BCUT2D eigenvalue weighted by molar-refractivity contribution is 7.80. The quantitative estimate of drug-likeness (QED) is 0.379. The van der Waals surface area contributed by atoms with Gasteiger partial charge < -0.3 is 10.1 Å². The van der Waals surface area contributed by atoms with Gasteiger partial charge in [-0.25, -0.2) is 0 Å². The van der Waals surface area contributed by atoms with Crippen LogP contribution < -0.4 is 15.5 Å². The second kappa shape index (κ2) is 7.65. The lowest BCUT2D eigenvalue weighted by Crippen LogP contribution is -2.31. The Morgan fingerprint density at radius 2 is 2.00 bits per heavy atom. The summed E-state index contributed by atoms with van der Waals surface area (Å²) in [5.41, 5.74) is 3.50. The third-order valence-corrected chi connectivity index (χ3v) is 2.33. The first-order valence-corrected chi connectivity index (χ1v) is 6.78. The summed E-state index contributed by atoms with van der Waals surface area (Å²) in [4.78, 5) is 0. The Bertz CT molecular complexity index is 475. The fourth-order valence-electron chi connectivity index (χ4n) is 1.35. The van der Waals surface area contributed by atoms with E-state index in [0.29, 0.717) is 11.7 Å². The first kappa shape index (κ1) is 16.2. The van der Waals surface area contributed by atoms with Gasteiger partial charge in [-0.1, -0.05) is 6.08 Å². The first-order valence-electron chi connectivity index (χ1n) is 6.37. The lowest BCUT2D eigenvalue weighted by atomic mass is 10.2. The number of nitrogens with zero attached hydrogens (tertiary/aromatic N) is 1. The topological polar surface area (TPSA) is 45.7 Å². The first-order chi connectivity index (χ1) is 9.40. The molecule has 20 heavy (non-hydrogen) atoms. The van der Waals surface area contributed by atoms with E-state index in [1.54, 1.807) is 12.3 Å². The Hall–Kier alpha value is -1.88. The van der Waals surface area contributed by atoms with Crippen molar-refractivity contribution in [1.29, 1.82) is 0 Å². The van der Waals surface area contributed by atoms with Crippen LogP contribution in [-0.2, 0) is 0 Å². The summed E-state index contributed by atoms with van der Waals surface area (Å²) in [6, 6.07) is 7.71. The predicted molar refractivity (Wildman–Crippen MR) is 88.4 cm³/mol. The average Bonchev–Trinajstić information content (AvgIpc) is 2.37. The Labute approximate surface area is 125 Å². The Kier molecular flexibility index (Phi) is 6.18. The van der Waals surface area contributed by atoms with Gasteiger partial charge >= 0.3 is 0 Å². The molecule has 1 rings (SSSR count). The molecular weight excluding hydrogens is 270 g/mol. The second-order valence-corrected chi connectivity index (χ2v) is 5.56. The van der Waals surface area contributed by atoms with Crippen molar-refractivity contribution in [3.05, 3.63) is 42.5 Å². The SMILES string of the molecule is C=CCNC(=S)N/N=C/c1ccc(OC(C)(C)C)cc1. The van der Waals surface area contributed by atoms with E-state index in [9.17, 15) is 0 Å². The van der Waals surface area contributed by atoms with Crippen LogP contribution in [0.2, 0.25) is 0 Å². The Morgan fingerprint density at radius 1 is 1.35 bits per heavy atom. The van der Waals surface area contributed by atoms with Crippen LogP contribution >= 0.6 is 12.2 Å². The maximum atomic E-state index is 5.74. The largest absolute Gasteiger partial charge is 0.488 e. The molecule has 4 nitrogen and oxygen atoms in total. The van der Waals surface area contributed by atoms with Crippen molar-refractivity contribution in [2.75, 3.05) is 6.54 Å². The molecule has 0 radical (unpaired) electrons. The molecule has 0 amide bonds. The third kappa shape index (κ3) is 6.89. The van der Waals surface area contributed by atoms with Crippen LogP contribution in [-0.4, -0.2) is 23.5 Å². The van der Waals surface area contributed by atoms with Crippen LogP contribution in [0.3, 0.4) is 0 Å². The summed E-state index contributed by atoms with van der Waals surface area (Å²) in [6.07, 6.45) is 3.42. The third-order valence-electron chi connectivity index (χ3n) is 2.09. The van der Waals surface area contributed by atoms with Crippen LogP contribution in [0.1, 0.15) is 26.3 Å². The van der Waals surface area contributed by atoms with Crippen LogP contribution in [0.15, 0.2) is 42.0 Å². The number of nitrogens with one attached hydrogen (secondary N) is 2. The van der Waals surface area contributed by atoms with Crippen molar-refractivity contribution in [2.24, 2.45) is 5.10 Å². The number of ether oxygens (including phenoxy) is 1. The molecule has 108 valence electrons. The summed E-state index contributed by atoms with van der Waals surface area (Å²) in [7, 11) is 0. The Morgan fingerprint density at radius 3 is 2.55 bits per heavy atom. The van der Waals surface area contributed by atoms with Gasteiger partial charge in [-0.3, -0.25) is 5.43 Å². The molecule has 5 heteroatoms. The molecule has 1 aromatic rings. The van der Waals surface area contributed by atoms with Crippen molar-refractivity contribution >= 4 is 23.5 Å². The zero-order valence-electron chi connectivity index (χ0n) is 12.1. The second-order valence-electron chi connectivity index (χ2n) is 5.15. The monoisotopic (exact) mass is 291 g/mol. The molecule has 0 unspecified atom stereocenters. The number of benzene rings is 1. The molecule has 1 aromatic carbocycles. The molecule has 0 saturated heterocycles. The lowest BCUT2D eigenvalue weighted by Gasteiger charge is -2.21. The van der Waals surface area contributed by atoms with Gasteiger partial charge in [0, 0.05) is 6.54 Å². The summed E-state index contributed by atoms with van der Waals surface area (Å²) in [5, 5.41) is 7.43. The normalized spacial score (nSPS) is 11.2. The minimum atomic E-state index is -0.194. The van der Waals surface area contributed by atoms with Gasteiger partial charge in [0.2, 0.25) is 0 Å². The van der Waals surface area contributed by atoms with Crippen LogP contribution in [0, 0.1) is 0 Å². The summed E-state index contributed by atoms with van der Waals surface area (Å²) < 4.78 is 5.74. The molecule has 0 aliphatic carbocycles. The van der Waals surface area contributed by atoms with Gasteiger partial charge in [-0.15, -0.1) is 6.58 Å². The smallest absolute Gasteiger partial charge is 0.187 e. The van der Waals surface area contributed by atoms with E-state index in [1.165, 1.54) is 0 Å². The zero-order valence-corrected chi connectivity index (χ0v) is 13.0. The number of hydrogen-bond acceptors (Lipinski definition) is 3. The molecule has 0 aliphatic rings. The van der Waals surface area contributed by atoms with Gasteiger partial charge in [0.15, 0.2) is 5.11 Å². The minimum Gasteiger partial charge on any atom is -0.488 e. The number of hydrazone groups is 1. The standard InChI is InChI=1S/C15H21N3OS/c1-5-10-16-14(20)18-17-11-12-6-8-13(9-7-12)19-15(2,3)4/h5-9,11H,1,10H2,2-4H3,(H2,16,18,20)/b17-11+. The van der Waals surface area contributed by atoms with Gasteiger partial charge in [-0.05, 0) is 62.8 Å². The van der Waals surface area contributed by atoms with Crippen molar-refractivity contribution in [3.63, 3.8) is 0 Å². The molecule has 0 bridgehead atoms. The van der Waals surface area contributed by atoms with Crippen molar-refractivity contribution in [2.45, 2.75) is 26.4 Å². The number of hydrogen-bond donors (Lipinski definition) is 2. The van der Waals surface area contributed by atoms with Crippen LogP contribution in [0.25, 0.3) is 0 Å². The van der Waals surface area contributed by atoms with E-state index in [-0.39, 0.29) is 5.60 Å². The molecule has 0 spiro atoms. The zero-order chi connectivity index (χ0) is 15.0. The van der Waals surface area contributed by atoms with Crippen molar-refractivity contribution < 1.29 is 4.74 Å².